The third kappa shape index (κ3) is 2.60. The Morgan fingerprint density at radius 2 is 2.06 bits per heavy atom. The van der Waals surface area contributed by atoms with Crippen LogP contribution in [0.5, 0.6) is 0 Å². The number of aromatic amines is 1. The molecule has 0 aliphatic rings. The lowest BCUT2D eigenvalue weighted by molar-refractivity contribution is -0.192. The highest BCUT2D eigenvalue weighted by atomic mass is 19.4. The standard InChI is InChI=1S/C9H10F3N3O3/c1-4-13-5(3-6(16)14-4)15-8(2,7(17)18)9(10,11)12/h3H,1-2H3,(H,17,18)(H2,13,14,15,16). The third-order valence-corrected chi connectivity index (χ3v) is 2.23. The topological polar surface area (TPSA) is 95.1 Å². The third-order valence-electron chi connectivity index (χ3n) is 2.23. The molecule has 1 rings (SSSR count). The molecule has 3 N–H and O–H groups in total. The molecule has 0 aliphatic carbocycles. The summed E-state index contributed by atoms with van der Waals surface area (Å²) in [6, 6.07) is 0.750. The van der Waals surface area contributed by atoms with Crippen LogP contribution in [-0.4, -0.2) is 32.8 Å². The molecular weight excluding hydrogens is 255 g/mol. The van der Waals surface area contributed by atoms with Gasteiger partial charge in [0.15, 0.2) is 0 Å². The summed E-state index contributed by atoms with van der Waals surface area (Å²) in [6.07, 6.45) is -5.04. The van der Waals surface area contributed by atoms with E-state index in [9.17, 15) is 22.8 Å². The average molecular weight is 265 g/mol. The molecule has 9 heteroatoms. The van der Waals surface area contributed by atoms with E-state index in [2.05, 4.69) is 9.97 Å². The predicted molar refractivity (Wildman–Crippen MR) is 55.3 cm³/mol. The summed E-state index contributed by atoms with van der Waals surface area (Å²) in [4.78, 5) is 27.6. The van der Waals surface area contributed by atoms with Crippen LogP contribution in [0.1, 0.15) is 12.7 Å². The number of nitrogens with one attached hydrogen (secondary N) is 2. The van der Waals surface area contributed by atoms with E-state index in [4.69, 9.17) is 5.11 Å². The Morgan fingerprint density at radius 1 is 1.50 bits per heavy atom. The van der Waals surface area contributed by atoms with Crippen molar-refractivity contribution in [3.63, 3.8) is 0 Å². The van der Waals surface area contributed by atoms with Gasteiger partial charge in [0.2, 0.25) is 5.54 Å². The van der Waals surface area contributed by atoms with Crippen LogP contribution < -0.4 is 10.9 Å². The van der Waals surface area contributed by atoms with Gasteiger partial charge in [-0.3, -0.25) is 4.79 Å². The van der Waals surface area contributed by atoms with Crippen molar-refractivity contribution in [1.82, 2.24) is 9.97 Å². The van der Waals surface area contributed by atoms with Crippen molar-refractivity contribution < 1.29 is 23.1 Å². The van der Waals surface area contributed by atoms with Gasteiger partial charge in [-0.15, -0.1) is 0 Å². The van der Waals surface area contributed by atoms with Gasteiger partial charge in [-0.05, 0) is 13.8 Å². The van der Waals surface area contributed by atoms with E-state index in [0.29, 0.717) is 6.92 Å². The van der Waals surface area contributed by atoms with E-state index in [-0.39, 0.29) is 5.82 Å². The number of aromatic nitrogens is 2. The second-order valence-electron chi connectivity index (χ2n) is 3.77. The SMILES string of the molecule is Cc1nc(NC(C)(C(=O)O)C(F)(F)F)cc(=O)[nH]1. The fourth-order valence-corrected chi connectivity index (χ4v) is 1.15. The van der Waals surface area contributed by atoms with E-state index in [1.807, 2.05) is 0 Å². The maximum atomic E-state index is 12.7. The number of anilines is 1. The molecule has 1 heterocycles. The number of H-pyrrole nitrogens is 1. The Hall–Kier alpha value is -2.06. The average Bonchev–Trinajstić information content (AvgIpc) is 2.13. The van der Waals surface area contributed by atoms with Gasteiger partial charge in [0.1, 0.15) is 11.6 Å². The Labute approximate surface area is 98.9 Å². The molecule has 0 aliphatic heterocycles. The van der Waals surface area contributed by atoms with Crippen molar-refractivity contribution in [2.24, 2.45) is 0 Å². The van der Waals surface area contributed by atoms with E-state index >= 15 is 0 Å². The molecule has 0 bridgehead atoms. The molecule has 0 amide bonds. The zero-order valence-corrected chi connectivity index (χ0v) is 9.42. The first-order valence-electron chi connectivity index (χ1n) is 4.72. The van der Waals surface area contributed by atoms with Crippen LogP contribution in [0.15, 0.2) is 10.9 Å². The number of alkyl halides is 3. The summed E-state index contributed by atoms with van der Waals surface area (Å²) in [5, 5.41) is 10.4. The van der Waals surface area contributed by atoms with Gasteiger partial charge in [0.05, 0.1) is 0 Å². The number of nitrogens with zero attached hydrogens (tertiary/aromatic N) is 1. The number of aryl methyl sites for hydroxylation is 1. The second kappa shape index (κ2) is 4.31. The predicted octanol–water partition coefficient (Wildman–Crippen LogP) is 0.896. The lowest BCUT2D eigenvalue weighted by Crippen LogP contribution is -2.55. The summed E-state index contributed by atoms with van der Waals surface area (Å²) in [7, 11) is 0. The normalized spacial score (nSPS) is 14.9. The molecule has 0 radical (unpaired) electrons. The number of halogens is 3. The number of rotatable bonds is 3. The summed E-state index contributed by atoms with van der Waals surface area (Å²) in [6.45, 7) is 1.81. The lowest BCUT2D eigenvalue weighted by atomic mass is 10.0. The van der Waals surface area contributed by atoms with E-state index in [0.717, 1.165) is 6.07 Å². The van der Waals surface area contributed by atoms with E-state index in [1.165, 1.54) is 6.92 Å². The van der Waals surface area contributed by atoms with Crippen LogP contribution in [0.2, 0.25) is 0 Å². The van der Waals surface area contributed by atoms with E-state index < -0.39 is 29.1 Å². The summed E-state index contributed by atoms with van der Waals surface area (Å²) >= 11 is 0. The highest BCUT2D eigenvalue weighted by molar-refractivity contribution is 5.83. The fraction of sp³-hybridized carbons (Fsp3) is 0.444. The second-order valence-corrected chi connectivity index (χ2v) is 3.77. The monoisotopic (exact) mass is 265 g/mol. The van der Waals surface area contributed by atoms with Crippen molar-refractivity contribution in [3.05, 3.63) is 22.2 Å². The van der Waals surface area contributed by atoms with Crippen LogP contribution in [0.4, 0.5) is 19.0 Å². The van der Waals surface area contributed by atoms with Gasteiger partial charge >= 0.3 is 12.1 Å². The van der Waals surface area contributed by atoms with Crippen molar-refractivity contribution >= 4 is 11.8 Å². The largest absolute Gasteiger partial charge is 0.479 e. The Morgan fingerprint density at radius 3 is 2.44 bits per heavy atom. The van der Waals surface area contributed by atoms with Crippen LogP contribution in [0.25, 0.3) is 0 Å². The van der Waals surface area contributed by atoms with Crippen molar-refractivity contribution in [2.75, 3.05) is 5.32 Å². The minimum atomic E-state index is -5.04. The summed E-state index contributed by atoms with van der Waals surface area (Å²) in [5.41, 5.74) is -3.90. The lowest BCUT2D eigenvalue weighted by Gasteiger charge is -2.28. The number of aliphatic carboxylic acids is 1. The molecule has 6 nitrogen and oxygen atoms in total. The molecule has 18 heavy (non-hydrogen) atoms. The molecule has 1 atom stereocenters. The Balaban J connectivity index is 3.20. The molecule has 0 saturated heterocycles. The quantitative estimate of drug-likeness (QED) is 0.754. The van der Waals surface area contributed by atoms with Gasteiger partial charge in [0.25, 0.3) is 5.56 Å². The minimum absolute atomic E-state index is 0.0694. The molecule has 0 fully saturated rings. The van der Waals surface area contributed by atoms with Crippen LogP contribution in [0, 0.1) is 6.92 Å². The maximum absolute atomic E-state index is 12.7. The van der Waals surface area contributed by atoms with Gasteiger partial charge in [-0.25, -0.2) is 9.78 Å². The first kappa shape index (κ1) is 14.0. The molecule has 0 spiro atoms. The number of carboxylic acid groups (broad SMARTS) is 1. The smallest absolute Gasteiger partial charge is 0.422 e. The number of carboxylic acids is 1. The van der Waals surface area contributed by atoms with Crippen molar-refractivity contribution in [1.29, 1.82) is 0 Å². The molecule has 1 aromatic heterocycles. The zero-order chi connectivity index (χ0) is 14.1. The van der Waals surface area contributed by atoms with Crippen molar-refractivity contribution in [2.45, 2.75) is 25.6 Å². The molecule has 1 aromatic rings. The Kier molecular flexibility index (Phi) is 3.36. The van der Waals surface area contributed by atoms with Gasteiger partial charge < -0.3 is 15.4 Å². The number of hydrogen-bond acceptors (Lipinski definition) is 4. The molecule has 0 aromatic carbocycles. The fourth-order valence-electron chi connectivity index (χ4n) is 1.15. The molecule has 100 valence electrons. The Bertz CT molecular complexity index is 526. The maximum Gasteiger partial charge on any atom is 0.422 e. The van der Waals surface area contributed by atoms with Gasteiger partial charge in [-0.1, -0.05) is 0 Å². The highest BCUT2D eigenvalue weighted by Crippen LogP contribution is 2.32. The van der Waals surface area contributed by atoms with Crippen LogP contribution in [0.3, 0.4) is 0 Å². The van der Waals surface area contributed by atoms with Crippen LogP contribution >= 0.6 is 0 Å². The molecular formula is C9H10F3N3O3. The van der Waals surface area contributed by atoms with Gasteiger partial charge in [-0.2, -0.15) is 13.2 Å². The van der Waals surface area contributed by atoms with Gasteiger partial charge in [0, 0.05) is 6.07 Å². The molecule has 1 unspecified atom stereocenters. The summed E-state index contributed by atoms with van der Waals surface area (Å²) < 4.78 is 38.1. The summed E-state index contributed by atoms with van der Waals surface area (Å²) in [5.74, 6) is -2.51. The highest BCUT2D eigenvalue weighted by Gasteiger charge is 2.57. The van der Waals surface area contributed by atoms with Crippen molar-refractivity contribution in [3.8, 4) is 0 Å². The first-order chi connectivity index (χ1) is 8.06. The minimum Gasteiger partial charge on any atom is -0.479 e. The number of carbonyl (C=O) groups is 1. The zero-order valence-electron chi connectivity index (χ0n) is 9.42. The van der Waals surface area contributed by atoms with Crippen LogP contribution in [-0.2, 0) is 4.79 Å². The number of hydrogen-bond donors (Lipinski definition) is 3. The molecule has 0 saturated carbocycles. The van der Waals surface area contributed by atoms with E-state index in [1.54, 1.807) is 5.32 Å². The first-order valence-corrected chi connectivity index (χ1v) is 4.72.